The minimum Gasteiger partial charge on any atom is -0.327 e. The van der Waals surface area contributed by atoms with Crippen molar-refractivity contribution in [2.45, 2.75) is 44.8 Å². The molecule has 1 aliphatic rings. The third-order valence-corrected chi connectivity index (χ3v) is 3.65. The van der Waals surface area contributed by atoms with Gasteiger partial charge in [-0.3, -0.25) is 4.90 Å². The van der Waals surface area contributed by atoms with Crippen LogP contribution in [-0.4, -0.2) is 23.5 Å². The predicted octanol–water partition coefficient (Wildman–Crippen LogP) is 2.67. The van der Waals surface area contributed by atoms with Crippen LogP contribution >= 0.6 is 0 Å². The van der Waals surface area contributed by atoms with E-state index in [-0.39, 0.29) is 23.7 Å². The first-order valence-corrected chi connectivity index (χ1v) is 6.51. The van der Waals surface area contributed by atoms with Crippen LogP contribution in [0.15, 0.2) is 18.2 Å². The standard InChI is InChI=1S/C14H20F2N2/c1-10(17)14-4-2-3-7-18(14)9-11-8-12(15)5-6-13(11)16/h5-6,8,10,14H,2-4,7,9,17H2,1H3. The van der Waals surface area contributed by atoms with Gasteiger partial charge in [0.25, 0.3) is 0 Å². The molecule has 2 nitrogen and oxygen atoms in total. The Balaban J connectivity index is 2.13. The summed E-state index contributed by atoms with van der Waals surface area (Å²) >= 11 is 0. The lowest BCUT2D eigenvalue weighted by Gasteiger charge is -2.38. The van der Waals surface area contributed by atoms with Crippen molar-refractivity contribution < 1.29 is 8.78 Å². The minimum absolute atomic E-state index is 0.0573. The summed E-state index contributed by atoms with van der Waals surface area (Å²) in [6, 6.07) is 3.94. The second-order valence-electron chi connectivity index (χ2n) is 5.13. The fraction of sp³-hybridized carbons (Fsp3) is 0.571. The van der Waals surface area contributed by atoms with E-state index in [0.717, 1.165) is 31.9 Å². The average molecular weight is 254 g/mol. The molecule has 0 spiro atoms. The molecule has 1 aromatic carbocycles. The van der Waals surface area contributed by atoms with Crippen LogP contribution in [0.3, 0.4) is 0 Å². The van der Waals surface area contributed by atoms with Crippen LogP contribution in [0.5, 0.6) is 0 Å². The van der Waals surface area contributed by atoms with Crippen LogP contribution in [-0.2, 0) is 6.54 Å². The Morgan fingerprint density at radius 3 is 2.89 bits per heavy atom. The number of halogens is 2. The molecule has 1 fully saturated rings. The Hall–Kier alpha value is -1.00. The largest absolute Gasteiger partial charge is 0.327 e. The van der Waals surface area contributed by atoms with E-state index < -0.39 is 0 Å². The molecule has 2 N–H and O–H groups in total. The molecule has 0 amide bonds. The smallest absolute Gasteiger partial charge is 0.127 e. The summed E-state index contributed by atoms with van der Waals surface area (Å²) in [5, 5.41) is 0. The molecule has 4 heteroatoms. The Bertz CT molecular complexity index is 407. The summed E-state index contributed by atoms with van der Waals surface area (Å²) in [5.74, 6) is -0.730. The lowest BCUT2D eigenvalue weighted by Crippen LogP contribution is -2.48. The first kappa shape index (κ1) is 13.4. The van der Waals surface area contributed by atoms with E-state index in [1.165, 1.54) is 12.1 Å². The van der Waals surface area contributed by atoms with Crippen molar-refractivity contribution in [1.29, 1.82) is 0 Å². The minimum atomic E-state index is -0.388. The molecule has 1 aromatic rings. The van der Waals surface area contributed by atoms with Gasteiger partial charge in [-0.1, -0.05) is 6.42 Å². The molecule has 2 unspecified atom stereocenters. The highest BCUT2D eigenvalue weighted by molar-refractivity contribution is 5.18. The fourth-order valence-electron chi connectivity index (χ4n) is 2.69. The van der Waals surface area contributed by atoms with Crippen LogP contribution in [0.4, 0.5) is 8.78 Å². The maximum Gasteiger partial charge on any atom is 0.127 e. The van der Waals surface area contributed by atoms with Crippen molar-refractivity contribution in [2.75, 3.05) is 6.54 Å². The van der Waals surface area contributed by atoms with Crippen LogP contribution in [0.25, 0.3) is 0 Å². The number of nitrogens with two attached hydrogens (primary N) is 1. The van der Waals surface area contributed by atoms with Gasteiger partial charge in [-0.05, 0) is 44.5 Å². The maximum atomic E-state index is 13.6. The van der Waals surface area contributed by atoms with Crippen molar-refractivity contribution in [3.8, 4) is 0 Å². The molecule has 0 aliphatic carbocycles. The van der Waals surface area contributed by atoms with E-state index in [0.29, 0.717) is 12.1 Å². The highest BCUT2D eigenvalue weighted by Crippen LogP contribution is 2.22. The normalized spacial score (nSPS) is 23.0. The molecule has 1 saturated heterocycles. The topological polar surface area (TPSA) is 29.3 Å². The number of piperidine rings is 1. The Kier molecular flexibility index (Phi) is 4.30. The summed E-state index contributed by atoms with van der Waals surface area (Å²) in [5.41, 5.74) is 6.39. The fourth-order valence-corrected chi connectivity index (χ4v) is 2.69. The van der Waals surface area contributed by atoms with Crippen LogP contribution in [0.1, 0.15) is 31.7 Å². The summed E-state index contributed by atoms with van der Waals surface area (Å²) in [7, 11) is 0. The third-order valence-electron chi connectivity index (χ3n) is 3.65. The molecule has 0 saturated carbocycles. The molecule has 0 aromatic heterocycles. The zero-order valence-corrected chi connectivity index (χ0v) is 10.7. The summed E-state index contributed by atoms with van der Waals surface area (Å²) in [6.45, 7) is 3.32. The zero-order chi connectivity index (χ0) is 13.1. The quantitative estimate of drug-likeness (QED) is 0.898. The molecule has 2 atom stereocenters. The van der Waals surface area contributed by atoms with E-state index in [2.05, 4.69) is 4.90 Å². The maximum absolute atomic E-state index is 13.6. The number of benzene rings is 1. The monoisotopic (exact) mass is 254 g/mol. The highest BCUT2D eigenvalue weighted by Gasteiger charge is 2.26. The Labute approximate surface area is 107 Å². The number of likely N-dealkylation sites (tertiary alicyclic amines) is 1. The van der Waals surface area contributed by atoms with Gasteiger partial charge in [0.05, 0.1) is 0 Å². The zero-order valence-electron chi connectivity index (χ0n) is 10.7. The molecule has 1 heterocycles. The van der Waals surface area contributed by atoms with E-state index in [1.54, 1.807) is 0 Å². The number of nitrogens with zero attached hydrogens (tertiary/aromatic N) is 1. The molecule has 0 radical (unpaired) electrons. The van der Waals surface area contributed by atoms with Gasteiger partial charge in [0.15, 0.2) is 0 Å². The summed E-state index contributed by atoms with van der Waals surface area (Å²) in [6.07, 6.45) is 3.29. The second kappa shape index (κ2) is 5.76. The SMILES string of the molecule is CC(N)C1CCCCN1Cc1cc(F)ccc1F. The second-order valence-corrected chi connectivity index (χ2v) is 5.13. The van der Waals surface area contributed by atoms with Crippen molar-refractivity contribution in [1.82, 2.24) is 4.90 Å². The van der Waals surface area contributed by atoms with Gasteiger partial charge in [-0.25, -0.2) is 8.78 Å². The van der Waals surface area contributed by atoms with Crippen molar-refractivity contribution >= 4 is 0 Å². The lowest BCUT2D eigenvalue weighted by molar-refractivity contribution is 0.121. The summed E-state index contributed by atoms with van der Waals surface area (Å²) < 4.78 is 26.8. The predicted molar refractivity (Wildman–Crippen MR) is 68.1 cm³/mol. The van der Waals surface area contributed by atoms with Crippen LogP contribution in [0, 0.1) is 11.6 Å². The van der Waals surface area contributed by atoms with Gasteiger partial charge < -0.3 is 5.73 Å². The van der Waals surface area contributed by atoms with Crippen LogP contribution in [0.2, 0.25) is 0 Å². The van der Waals surface area contributed by atoms with E-state index in [9.17, 15) is 8.78 Å². The van der Waals surface area contributed by atoms with Gasteiger partial charge in [0.1, 0.15) is 11.6 Å². The molecule has 2 rings (SSSR count). The van der Waals surface area contributed by atoms with Gasteiger partial charge in [0.2, 0.25) is 0 Å². The molecular weight excluding hydrogens is 234 g/mol. The molecular formula is C14H20F2N2. The number of hydrogen-bond acceptors (Lipinski definition) is 2. The average Bonchev–Trinajstić information content (AvgIpc) is 2.34. The van der Waals surface area contributed by atoms with Gasteiger partial charge in [-0.2, -0.15) is 0 Å². The molecule has 18 heavy (non-hydrogen) atoms. The molecule has 100 valence electrons. The summed E-state index contributed by atoms with van der Waals surface area (Å²) in [4.78, 5) is 2.17. The number of hydrogen-bond donors (Lipinski definition) is 1. The van der Waals surface area contributed by atoms with Crippen molar-refractivity contribution in [3.63, 3.8) is 0 Å². The Morgan fingerprint density at radius 2 is 2.17 bits per heavy atom. The van der Waals surface area contributed by atoms with Gasteiger partial charge in [-0.15, -0.1) is 0 Å². The van der Waals surface area contributed by atoms with Crippen molar-refractivity contribution in [3.05, 3.63) is 35.4 Å². The van der Waals surface area contributed by atoms with Gasteiger partial charge >= 0.3 is 0 Å². The first-order valence-electron chi connectivity index (χ1n) is 6.51. The van der Waals surface area contributed by atoms with Crippen LogP contribution < -0.4 is 5.73 Å². The first-order chi connectivity index (χ1) is 8.58. The lowest BCUT2D eigenvalue weighted by atomic mass is 9.96. The molecule has 1 aliphatic heterocycles. The third kappa shape index (κ3) is 3.06. The number of rotatable bonds is 3. The highest BCUT2D eigenvalue weighted by atomic mass is 19.1. The van der Waals surface area contributed by atoms with Gasteiger partial charge in [0, 0.05) is 24.2 Å². The van der Waals surface area contributed by atoms with E-state index >= 15 is 0 Å². The van der Waals surface area contributed by atoms with E-state index in [1.807, 2.05) is 6.92 Å². The van der Waals surface area contributed by atoms with Crippen molar-refractivity contribution in [2.24, 2.45) is 5.73 Å². The Morgan fingerprint density at radius 1 is 1.39 bits per heavy atom. The molecule has 0 bridgehead atoms. The van der Waals surface area contributed by atoms with E-state index in [4.69, 9.17) is 5.73 Å².